The molecule has 2 aliphatic rings. The molecule has 2 aliphatic heterocycles. The molecule has 0 bridgehead atoms. The van der Waals surface area contributed by atoms with Crippen molar-refractivity contribution in [1.29, 1.82) is 0 Å². The van der Waals surface area contributed by atoms with Crippen molar-refractivity contribution in [2.24, 2.45) is 11.8 Å². The van der Waals surface area contributed by atoms with Crippen LogP contribution in [0.5, 0.6) is 0 Å². The van der Waals surface area contributed by atoms with Gasteiger partial charge < -0.3 is 15.4 Å². The molecule has 134 valence electrons. The third-order valence-electron chi connectivity index (χ3n) is 4.07. The van der Waals surface area contributed by atoms with E-state index >= 15 is 0 Å². The highest BCUT2D eigenvalue weighted by Gasteiger charge is 2.35. The van der Waals surface area contributed by atoms with Crippen LogP contribution in [0.1, 0.15) is 26.2 Å². The zero-order valence-electron chi connectivity index (χ0n) is 13.9. The fourth-order valence-electron chi connectivity index (χ4n) is 2.82. The summed E-state index contributed by atoms with van der Waals surface area (Å²) in [7, 11) is 0. The minimum atomic E-state index is -0.742. The van der Waals surface area contributed by atoms with Gasteiger partial charge in [0.2, 0.25) is 11.8 Å². The highest BCUT2D eigenvalue weighted by atomic mass is 32.2. The van der Waals surface area contributed by atoms with Crippen LogP contribution in [0.15, 0.2) is 12.2 Å². The van der Waals surface area contributed by atoms with Crippen LogP contribution in [0.2, 0.25) is 0 Å². The van der Waals surface area contributed by atoms with Gasteiger partial charge in [0, 0.05) is 6.54 Å². The standard InChI is InChI=1S/C16H25N3O4S/c1-2-23-16(22)19-14(21)12-7-9-24-15(12)18-13(20)6-5-11-4-3-8-17-10-11/h5-6,11-12,15,17H,2-4,7-10H2,1H3,(H,18,20)(H,19,21,22)/b6-5+. The number of thioether (sulfide) groups is 1. The van der Waals surface area contributed by atoms with Crippen LogP contribution >= 0.6 is 11.8 Å². The molecule has 3 N–H and O–H groups in total. The average Bonchev–Trinajstić information content (AvgIpc) is 3.02. The van der Waals surface area contributed by atoms with Gasteiger partial charge in [-0.05, 0) is 50.5 Å². The quantitative estimate of drug-likeness (QED) is 0.637. The summed E-state index contributed by atoms with van der Waals surface area (Å²) in [6.07, 6.45) is 5.56. The fraction of sp³-hybridized carbons (Fsp3) is 0.688. The van der Waals surface area contributed by atoms with Gasteiger partial charge in [-0.15, -0.1) is 11.8 Å². The summed E-state index contributed by atoms with van der Waals surface area (Å²) in [5, 5.41) is 8.06. The van der Waals surface area contributed by atoms with Gasteiger partial charge in [-0.25, -0.2) is 4.79 Å². The lowest BCUT2D eigenvalue weighted by molar-refractivity contribution is -0.124. The molecule has 3 atom stereocenters. The lowest BCUT2D eigenvalue weighted by Crippen LogP contribution is -2.44. The number of imide groups is 1. The number of nitrogens with one attached hydrogen (secondary N) is 3. The summed E-state index contributed by atoms with van der Waals surface area (Å²) in [6, 6.07) is 0. The predicted octanol–water partition coefficient (Wildman–Crippen LogP) is 1.01. The van der Waals surface area contributed by atoms with Crippen molar-refractivity contribution in [3.63, 3.8) is 0 Å². The van der Waals surface area contributed by atoms with E-state index in [1.807, 2.05) is 6.08 Å². The minimum absolute atomic E-state index is 0.200. The van der Waals surface area contributed by atoms with Crippen LogP contribution < -0.4 is 16.0 Å². The Labute approximate surface area is 146 Å². The van der Waals surface area contributed by atoms with Crippen LogP contribution in [-0.2, 0) is 14.3 Å². The molecule has 0 saturated carbocycles. The van der Waals surface area contributed by atoms with Crippen LogP contribution in [0, 0.1) is 11.8 Å². The fourth-order valence-corrected chi connectivity index (χ4v) is 4.15. The SMILES string of the molecule is CCOC(=O)NC(=O)C1CCSC1NC(=O)/C=C/C1CCCNC1. The van der Waals surface area contributed by atoms with Gasteiger partial charge >= 0.3 is 6.09 Å². The summed E-state index contributed by atoms with van der Waals surface area (Å²) >= 11 is 1.52. The lowest BCUT2D eigenvalue weighted by atomic mass is 9.99. The highest BCUT2D eigenvalue weighted by molar-refractivity contribution is 8.00. The first-order chi connectivity index (χ1) is 11.6. The molecular formula is C16H25N3O4S. The normalized spacial score (nSPS) is 27.0. The Morgan fingerprint density at radius 1 is 1.33 bits per heavy atom. The van der Waals surface area contributed by atoms with Gasteiger partial charge in [-0.3, -0.25) is 14.9 Å². The van der Waals surface area contributed by atoms with E-state index in [0.717, 1.165) is 31.7 Å². The van der Waals surface area contributed by atoms with E-state index in [-0.39, 0.29) is 17.9 Å². The summed E-state index contributed by atoms with van der Waals surface area (Å²) in [6.45, 7) is 3.81. The van der Waals surface area contributed by atoms with Crippen molar-refractivity contribution in [3.8, 4) is 0 Å². The molecule has 0 aliphatic carbocycles. The smallest absolute Gasteiger partial charge is 0.413 e. The zero-order chi connectivity index (χ0) is 17.4. The number of hydrogen-bond acceptors (Lipinski definition) is 6. The Hall–Kier alpha value is -1.54. The number of piperidine rings is 1. The van der Waals surface area contributed by atoms with Crippen molar-refractivity contribution in [1.82, 2.24) is 16.0 Å². The largest absolute Gasteiger partial charge is 0.450 e. The number of rotatable bonds is 5. The highest BCUT2D eigenvalue weighted by Crippen LogP contribution is 2.30. The van der Waals surface area contributed by atoms with Gasteiger partial charge in [-0.2, -0.15) is 0 Å². The zero-order valence-corrected chi connectivity index (χ0v) is 14.7. The number of amides is 3. The van der Waals surface area contributed by atoms with Crippen LogP contribution in [0.4, 0.5) is 4.79 Å². The molecule has 7 nitrogen and oxygen atoms in total. The molecule has 3 unspecified atom stereocenters. The van der Waals surface area contributed by atoms with Crippen molar-refractivity contribution in [2.45, 2.75) is 31.6 Å². The molecule has 0 aromatic rings. The topological polar surface area (TPSA) is 96.5 Å². The van der Waals surface area contributed by atoms with E-state index in [1.54, 1.807) is 13.0 Å². The van der Waals surface area contributed by atoms with Gasteiger partial charge in [0.05, 0.1) is 17.9 Å². The molecule has 3 amide bonds. The number of ether oxygens (including phenoxy) is 1. The first kappa shape index (κ1) is 18.8. The van der Waals surface area contributed by atoms with Crippen LogP contribution in [-0.4, -0.2) is 48.7 Å². The summed E-state index contributed by atoms with van der Waals surface area (Å²) in [5.74, 6) is 0.122. The van der Waals surface area contributed by atoms with E-state index in [2.05, 4.69) is 16.0 Å². The van der Waals surface area contributed by atoms with E-state index in [4.69, 9.17) is 4.74 Å². The third-order valence-corrected chi connectivity index (χ3v) is 5.35. The number of alkyl carbamates (subject to hydrolysis) is 1. The first-order valence-corrected chi connectivity index (χ1v) is 9.43. The second-order valence-electron chi connectivity index (χ2n) is 5.87. The molecule has 8 heteroatoms. The first-order valence-electron chi connectivity index (χ1n) is 8.38. The average molecular weight is 355 g/mol. The van der Waals surface area contributed by atoms with E-state index < -0.39 is 17.9 Å². The molecule has 0 aromatic carbocycles. The van der Waals surface area contributed by atoms with E-state index in [1.165, 1.54) is 11.8 Å². The Bertz CT molecular complexity index is 492. The minimum Gasteiger partial charge on any atom is -0.450 e. The molecule has 2 fully saturated rings. The molecule has 0 radical (unpaired) electrons. The maximum atomic E-state index is 12.1. The number of hydrogen-bond donors (Lipinski definition) is 3. The molecule has 24 heavy (non-hydrogen) atoms. The second kappa shape index (κ2) is 9.68. The maximum Gasteiger partial charge on any atom is 0.413 e. The molecule has 2 saturated heterocycles. The van der Waals surface area contributed by atoms with E-state index in [0.29, 0.717) is 12.3 Å². The monoisotopic (exact) mass is 355 g/mol. The van der Waals surface area contributed by atoms with E-state index in [9.17, 15) is 14.4 Å². The van der Waals surface area contributed by atoms with Gasteiger partial charge in [0.25, 0.3) is 0 Å². The summed E-state index contributed by atoms with van der Waals surface area (Å²) in [5.41, 5.74) is 0. The summed E-state index contributed by atoms with van der Waals surface area (Å²) < 4.78 is 4.71. The molecule has 2 heterocycles. The Kier molecular flexibility index (Phi) is 7.58. The van der Waals surface area contributed by atoms with Gasteiger partial charge in [0.15, 0.2) is 0 Å². The molecular weight excluding hydrogens is 330 g/mol. The number of carbonyl (C=O) groups excluding carboxylic acids is 3. The van der Waals surface area contributed by atoms with Crippen LogP contribution in [0.25, 0.3) is 0 Å². The molecule has 0 spiro atoms. The van der Waals surface area contributed by atoms with Gasteiger partial charge in [0.1, 0.15) is 0 Å². The molecule has 2 rings (SSSR count). The van der Waals surface area contributed by atoms with Crippen molar-refractivity contribution >= 4 is 29.7 Å². The third kappa shape index (κ3) is 5.83. The Morgan fingerprint density at radius 2 is 2.17 bits per heavy atom. The maximum absolute atomic E-state index is 12.1. The predicted molar refractivity (Wildman–Crippen MR) is 92.4 cm³/mol. The van der Waals surface area contributed by atoms with Crippen LogP contribution in [0.3, 0.4) is 0 Å². The number of carbonyl (C=O) groups is 3. The lowest BCUT2D eigenvalue weighted by Gasteiger charge is -2.20. The van der Waals surface area contributed by atoms with Gasteiger partial charge in [-0.1, -0.05) is 6.08 Å². The molecule has 0 aromatic heterocycles. The van der Waals surface area contributed by atoms with Crippen molar-refractivity contribution in [2.75, 3.05) is 25.4 Å². The Balaban J connectivity index is 1.81. The second-order valence-corrected chi connectivity index (χ2v) is 7.12. The van der Waals surface area contributed by atoms with Crippen molar-refractivity contribution < 1.29 is 19.1 Å². The summed E-state index contributed by atoms with van der Waals surface area (Å²) in [4.78, 5) is 35.6. The Morgan fingerprint density at radius 3 is 2.88 bits per heavy atom. The van der Waals surface area contributed by atoms with Crippen molar-refractivity contribution in [3.05, 3.63) is 12.2 Å².